The van der Waals surface area contributed by atoms with Gasteiger partial charge in [0.1, 0.15) is 11.5 Å². The lowest BCUT2D eigenvalue weighted by Gasteiger charge is -2.09. The summed E-state index contributed by atoms with van der Waals surface area (Å²) in [5.74, 6) is 0.526. The van der Waals surface area contributed by atoms with Crippen molar-refractivity contribution < 1.29 is 23.8 Å². The van der Waals surface area contributed by atoms with Crippen LogP contribution in [0.15, 0.2) is 61.2 Å². The standard InChI is InChI=1S/C22H24O5/c1-4-16(3)14-17-6-8-18(9-7-17)22(24)27-20-12-10-19(11-13-20)25-15-26-21(23)5-2/h5-13,16H,2,4,14-15H2,1,3H3. The van der Waals surface area contributed by atoms with Gasteiger partial charge in [0.25, 0.3) is 0 Å². The number of hydrogen-bond donors (Lipinski definition) is 0. The minimum Gasteiger partial charge on any atom is -0.457 e. The third-order valence-electron chi connectivity index (χ3n) is 4.10. The average Bonchev–Trinajstić information content (AvgIpc) is 2.69. The van der Waals surface area contributed by atoms with Gasteiger partial charge in [-0.15, -0.1) is 0 Å². The number of benzene rings is 2. The Hall–Kier alpha value is -3.08. The van der Waals surface area contributed by atoms with Crippen LogP contribution in [-0.2, 0) is 16.0 Å². The van der Waals surface area contributed by atoms with Crippen LogP contribution >= 0.6 is 0 Å². The highest BCUT2D eigenvalue weighted by Gasteiger charge is 2.09. The van der Waals surface area contributed by atoms with Crippen LogP contribution in [0, 0.1) is 5.92 Å². The second kappa shape index (κ2) is 10.2. The first-order valence-corrected chi connectivity index (χ1v) is 8.85. The molecule has 0 aliphatic heterocycles. The summed E-state index contributed by atoms with van der Waals surface area (Å²) in [5.41, 5.74) is 1.71. The van der Waals surface area contributed by atoms with E-state index in [0.717, 1.165) is 18.9 Å². The minimum atomic E-state index is -0.560. The lowest BCUT2D eigenvalue weighted by atomic mass is 9.98. The molecule has 0 aliphatic rings. The second-order valence-corrected chi connectivity index (χ2v) is 6.21. The van der Waals surface area contributed by atoms with Gasteiger partial charge in [0.05, 0.1) is 5.56 Å². The van der Waals surface area contributed by atoms with Crippen molar-refractivity contribution in [3.8, 4) is 11.5 Å². The predicted molar refractivity (Wildman–Crippen MR) is 103 cm³/mol. The van der Waals surface area contributed by atoms with Crippen molar-refractivity contribution in [2.75, 3.05) is 6.79 Å². The Morgan fingerprint density at radius 3 is 2.26 bits per heavy atom. The fraction of sp³-hybridized carbons (Fsp3) is 0.273. The molecule has 0 fully saturated rings. The molecule has 0 spiro atoms. The molecule has 0 amide bonds. The molecule has 2 aromatic rings. The first-order chi connectivity index (χ1) is 13.0. The van der Waals surface area contributed by atoms with Crippen molar-refractivity contribution >= 4 is 11.9 Å². The van der Waals surface area contributed by atoms with Gasteiger partial charge in [0.15, 0.2) is 0 Å². The summed E-state index contributed by atoms with van der Waals surface area (Å²) in [6, 6.07) is 14.0. The number of ether oxygens (including phenoxy) is 3. The lowest BCUT2D eigenvalue weighted by Crippen LogP contribution is -2.09. The number of hydrogen-bond acceptors (Lipinski definition) is 5. The summed E-state index contributed by atoms with van der Waals surface area (Å²) in [6.45, 7) is 7.45. The van der Waals surface area contributed by atoms with Gasteiger partial charge in [-0.05, 0) is 54.3 Å². The van der Waals surface area contributed by atoms with Crippen LogP contribution in [0.4, 0.5) is 0 Å². The van der Waals surface area contributed by atoms with E-state index in [9.17, 15) is 9.59 Å². The number of esters is 2. The molecule has 2 rings (SSSR count). The van der Waals surface area contributed by atoms with Crippen LogP contribution in [0.5, 0.6) is 11.5 Å². The van der Waals surface area contributed by atoms with Gasteiger partial charge in [-0.3, -0.25) is 0 Å². The van der Waals surface area contributed by atoms with Crippen molar-refractivity contribution in [1.29, 1.82) is 0 Å². The molecule has 1 atom stereocenters. The summed E-state index contributed by atoms with van der Waals surface area (Å²) in [7, 11) is 0. The zero-order valence-corrected chi connectivity index (χ0v) is 15.6. The van der Waals surface area contributed by atoms with Crippen LogP contribution in [0.25, 0.3) is 0 Å². The topological polar surface area (TPSA) is 61.8 Å². The third kappa shape index (κ3) is 6.62. The molecule has 0 bridgehead atoms. The van der Waals surface area contributed by atoms with E-state index >= 15 is 0 Å². The Morgan fingerprint density at radius 2 is 1.67 bits per heavy atom. The summed E-state index contributed by atoms with van der Waals surface area (Å²) in [5, 5.41) is 0. The second-order valence-electron chi connectivity index (χ2n) is 6.21. The van der Waals surface area contributed by atoms with Crippen molar-refractivity contribution in [3.05, 3.63) is 72.3 Å². The Labute approximate surface area is 159 Å². The van der Waals surface area contributed by atoms with Gasteiger partial charge < -0.3 is 14.2 Å². The third-order valence-corrected chi connectivity index (χ3v) is 4.10. The Kier molecular flexibility index (Phi) is 7.62. The van der Waals surface area contributed by atoms with Gasteiger partial charge in [-0.1, -0.05) is 39.0 Å². The quantitative estimate of drug-likeness (QED) is 0.281. The highest BCUT2D eigenvalue weighted by molar-refractivity contribution is 5.91. The van der Waals surface area contributed by atoms with Gasteiger partial charge >= 0.3 is 11.9 Å². The molecule has 0 aliphatic carbocycles. The highest BCUT2D eigenvalue weighted by atomic mass is 16.7. The maximum absolute atomic E-state index is 12.2. The molecule has 1 unspecified atom stereocenters. The van der Waals surface area contributed by atoms with Crippen LogP contribution in [0.1, 0.15) is 36.2 Å². The minimum absolute atomic E-state index is 0.215. The van der Waals surface area contributed by atoms with Crippen LogP contribution in [-0.4, -0.2) is 18.7 Å². The Bertz CT molecular complexity index is 762. The fourth-order valence-electron chi connectivity index (χ4n) is 2.31. The van der Waals surface area contributed by atoms with Crippen molar-refractivity contribution in [2.24, 2.45) is 5.92 Å². The van der Waals surface area contributed by atoms with Gasteiger partial charge in [-0.2, -0.15) is 0 Å². The van der Waals surface area contributed by atoms with E-state index < -0.39 is 11.9 Å². The summed E-state index contributed by atoms with van der Waals surface area (Å²) in [6.07, 6.45) is 3.18. The maximum atomic E-state index is 12.2. The first-order valence-electron chi connectivity index (χ1n) is 8.85. The molecule has 0 heterocycles. The molecule has 142 valence electrons. The largest absolute Gasteiger partial charge is 0.457 e. The van der Waals surface area contributed by atoms with Crippen molar-refractivity contribution in [2.45, 2.75) is 26.7 Å². The molecule has 0 radical (unpaired) electrons. The molecule has 0 saturated heterocycles. The smallest absolute Gasteiger partial charge is 0.343 e. The van der Waals surface area contributed by atoms with E-state index in [1.165, 1.54) is 5.56 Å². The number of rotatable bonds is 9. The van der Waals surface area contributed by atoms with Crippen LogP contribution in [0.2, 0.25) is 0 Å². The highest BCUT2D eigenvalue weighted by Crippen LogP contribution is 2.19. The van der Waals surface area contributed by atoms with E-state index in [1.807, 2.05) is 12.1 Å². The molecular weight excluding hydrogens is 344 g/mol. The summed E-state index contributed by atoms with van der Waals surface area (Å²) >= 11 is 0. The molecule has 0 saturated carbocycles. The predicted octanol–water partition coefficient (Wildman–Crippen LogP) is 4.56. The lowest BCUT2D eigenvalue weighted by molar-refractivity contribution is -0.144. The van der Waals surface area contributed by atoms with Gasteiger partial charge in [0.2, 0.25) is 6.79 Å². The normalized spacial score (nSPS) is 11.3. The zero-order chi connectivity index (χ0) is 19.6. The van der Waals surface area contributed by atoms with Crippen molar-refractivity contribution in [1.82, 2.24) is 0 Å². The average molecular weight is 368 g/mol. The van der Waals surface area contributed by atoms with E-state index in [2.05, 4.69) is 20.4 Å². The Balaban J connectivity index is 1.88. The van der Waals surface area contributed by atoms with Gasteiger partial charge in [0, 0.05) is 6.08 Å². The SMILES string of the molecule is C=CC(=O)OCOc1ccc(OC(=O)c2ccc(CC(C)CC)cc2)cc1. The first kappa shape index (κ1) is 20.2. The van der Waals surface area contributed by atoms with E-state index in [0.29, 0.717) is 23.0 Å². The van der Waals surface area contributed by atoms with Gasteiger partial charge in [-0.25, -0.2) is 9.59 Å². The molecule has 5 heteroatoms. The number of carbonyl (C=O) groups is 2. The van der Waals surface area contributed by atoms with Crippen LogP contribution in [0.3, 0.4) is 0 Å². The van der Waals surface area contributed by atoms with Crippen LogP contribution < -0.4 is 9.47 Å². The molecule has 27 heavy (non-hydrogen) atoms. The van der Waals surface area contributed by atoms with Crippen molar-refractivity contribution in [3.63, 3.8) is 0 Å². The van der Waals surface area contributed by atoms with E-state index in [1.54, 1.807) is 36.4 Å². The monoisotopic (exact) mass is 368 g/mol. The van der Waals surface area contributed by atoms with E-state index in [-0.39, 0.29) is 6.79 Å². The molecule has 0 aromatic heterocycles. The molecular formula is C22H24O5. The van der Waals surface area contributed by atoms with E-state index in [4.69, 9.17) is 14.2 Å². The number of carbonyl (C=O) groups excluding carboxylic acids is 2. The molecule has 5 nitrogen and oxygen atoms in total. The summed E-state index contributed by atoms with van der Waals surface area (Å²) < 4.78 is 15.3. The maximum Gasteiger partial charge on any atom is 0.343 e. The fourth-order valence-corrected chi connectivity index (χ4v) is 2.31. The molecule has 0 N–H and O–H groups in total. The molecule has 2 aromatic carbocycles. The summed E-state index contributed by atoms with van der Waals surface area (Å²) in [4.78, 5) is 23.2. The zero-order valence-electron chi connectivity index (χ0n) is 15.6. The Morgan fingerprint density at radius 1 is 1.04 bits per heavy atom.